The molecule has 0 amide bonds. The molecule has 0 bridgehead atoms. The maximum Gasteiger partial charge on any atom is 0.253 e. The van der Waals surface area contributed by atoms with Crippen LogP contribution in [0.25, 0.3) is 22.7 Å². The molecule has 9 heteroatoms. The van der Waals surface area contributed by atoms with Gasteiger partial charge in [-0.1, -0.05) is 60.6 Å². The average Bonchev–Trinajstić information content (AvgIpc) is 3.33. The van der Waals surface area contributed by atoms with E-state index in [2.05, 4.69) is 25.3 Å². The summed E-state index contributed by atoms with van der Waals surface area (Å²) in [7, 11) is 0. The molecule has 1 N–H and O–H groups in total. The Hall–Kier alpha value is -3.20. The molecule has 0 fully saturated rings. The van der Waals surface area contributed by atoms with Crippen LogP contribution in [0.15, 0.2) is 55.3 Å². The van der Waals surface area contributed by atoms with Gasteiger partial charge in [-0.05, 0) is 13.3 Å². The lowest BCUT2D eigenvalue weighted by Crippen LogP contribution is -2.09. The van der Waals surface area contributed by atoms with Gasteiger partial charge in [0.1, 0.15) is 17.0 Å². The van der Waals surface area contributed by atoms with Crippen LogP contribution < -0.4 is 5.56 Å². The average molecular weight is 409 g/mol. The smallest absolute Gasteiger partial charge is 0.253 e. The largest absolute Gasteiger partial charge is 0.420 e. The van der Waals surface area contributed by atoms with E-state index >= 15 is 0 Å². The molecule has 0 spiro atoms. The van der Waals surface area contributed by atoms with E-state index in [4.69, 9.17) is 8.94 Å². The Balaban J connectivity index is 1.55. The SMILES string of the molecule is CCCc1cc(=O)[nH]c(SCc2nnc(-c3c(-c4ccccc4)noc3C)o2)n1. The van der Waals surface area contributed by atoms with E-state index in [9.17, 15) is 4.79 Å². The molecule has 0 aliphatic heterocycles. The summed E-state index contributed by atoms with van der Waals surface area (Å²) in [5.41, 5.74) is 2.85. The van der Waals surface area contributed by atoms with Crippen LogP contribution in [-0.4, -0.2) is 25.3 Å². The lowest BCUT2D eigenvalue weighted by Gasteiger charge is -2.01. The second-order valence-electron chi connectivity index (χ2n) is 6.41. The number of aryl methyl sites for hydroxylation is 2. The highest BCUT2D eigenvalue weighted by molar-refractivity contribution is 7.98. The van der Waals surface area contributed by atoms with Crippen molar-refractivity contribution in [2.24, 2.45) is 0 Å². The van der Waals surface area contributed by atoms with E-state index in [0.29, 0.717) is 39.7 Å². The number of thioether (sulfide) groups is 1. The summed E-state index contributed by atoms with van der Waals surface area (Å²) in [4.78, 5) is 19.0. The minimum atomic E-state index is -0.162. The molecule has 0 radical (unpaired) electrons. The Kier molecular flexibility index (Phi) is 5.57. The van der Waals surface area contributed by atoms with Crippen molar-refractivity contribution in [2.75, 3.05) is 0 Å². The molecule has 0 unspecified atom stereocenters. The van der Waals surface area contributed by atoms with Crippen LogP contribution in [-0.2, 0) is 12.2 Å². The lowest BCUT2D eigenvalue weighted by molar-refractivity contribution is 0.399. The molecule has 3 aromatic heterocycles. The van der Waals surface area contributed by atoms with Crippen molar-refractivity contribution < 1.29 is 8.94 Å². The molecule has 0 atom stereocenters. The Labute approximate surface area is 170 Å². The standard InChI is InChI=1S/C20H19N5O3S/c1-3-7-14-10-15(26)22-20(21-14)29-11-16-23-24-19(27-16)17-12(2)28-25-18(17)13-8-5-4-6-9-13/h4-6,8-10H,3,7,11H2,1-2H3,(H,21,22,26). The van der Waals surface area contributed by atoms with Crippen LogP contribution in [0.1, 0.15) is 30.7 Å². The van der Waals surface area contributed by atoms with Gasteiger partial charge in [-0.2, -0.15) is 0 Å². The molecule has 8 nitrogen and oxygen atoms in total. The molecule has 4 aromatic rings. The van der Waals surface area contributed by atoms with E-state index in [1.165, 1.54) is 17.8 Å². The number of rotatable bonds is 7. The van der Waals surface area contributed by atoms with Crippen LogP contribution in [0, 0.1) is 6.92 Å². The Bertz CT molecular complexity index is 1170. The summed E-state index contributed by atoms with van der Waals surface area (Å²) < 4.78 is 11.2. The minimum absolute atomic E-state index is 0.162. The third-order valence-electron chi connectivity index (χ3n) is 4.20. The first kappa shape index (κ1) is 19.1. The van der Waals surface area contributed by atoms with Crippen LogP contribution in [0.3, 0.4) is 0 Å². The fourth-order valence-electron chi connectivity index (χ4n) is 2.90. The van der Waals surface area contributed by atoms with E-state index in [1.54, 1.807) is 6.92 Å². The highest BCUT2D eigenvalue weighted by Crippen LogP contribution is 2.33. The molecule has 0 saturated carbocycles. The Morgan fingerprint density at radius 1 is 1.17 bits per heavy atom. The fourth-order valence-corrected chi connectivity index (χ4v) is 3.63. The van der Waals surface area contributed by atoms with Gasteiger partial charge in [-0.15, -0.1) is 10.2 Å². The first-order chi connectivity index (χ1) is 14.1. The minimum Gasteiger partial charge on any atom is -0.420 e. The van der Waals surface area contributed by atoms with Gasteiger partial charge in [0.25, 0.3) is 11.4 Å². The van der Waals surface area contributed by atoms with Gasteiger partial charge in [0.05, 0.1) is 5.75 Å². The predicted molar refractivity (Wildman–Crippen MR) is 108 cm³/mol. The van der Waals surface area contributed by atoms with Crippen LogP contribution in [0.5, 0.6) is 0 Å². The van der Waals surface area contributed by atoms with E-state index in [1.807, 2.05) is 37.3 Å². The molecule has 0 saturated heterocycles. The van der Waals surface area contributed by atoms with E-state index < -0.39 is 0 Å². The van der Waals surface area contributed by atoms with Gasteiger partial charge in [0, 0.05) is 17.3 Å². The first-order valence-corrected chi connectivity index (χ1v) is 10.2. The van der Waals surface area contributed by atoms with Crippen molar-refractivity contribution in [3.05, 3.63) is 64.1 Å². The van der Waals surface area contributed by atoms with E-state index in [0.717, 1.165) is 24.1 Å². The number of nitrogens with one attached hydrogen (secondary N) is 1. The quantitative estimate of drug-likeness (QED) is 0.360. The van der Waals surface area contributed by atoms with Crippen LogP contribution >= 0.6 is 11.8 Å². The summed E-state index contributed by atoms with van der Waals surface area (Å²) in [5, 5.41) is 13.0. The van der Waals surface area contributed by atoms with E-state index in [-0.39, 0.29) is 5.56 Å². The number of H-pyrrole nitrogens is 1. The molecule has 3 heterocycles. The number of aromatic nitrogens is 5. The summed E-state index contributed by atoms with van der Waals surface area (Å²) in [5.74, 6) is 1.76. The molecule has 0 aliphatic carbocycles. The number of aromatic amines is 1. The summed E-state index contributed by atoms with van der Waals surface area (Å²) >= 11 is 1.34. The van der Waals surface area contributed by atoms with Crippen molar-refractivity contribution in [3.8, 4) is 22.7 Å². The molecule has 1 aromatic carbocycles. The molecule has 4 rings (SSSR count). The highest BCUT2D eigenvalue weighted by atomic mass is 32.2. The zero-order valence-electron chi connectivity index (χ0n) is 16.0. The van der Waals surface area contributed by atoms with Crippen molar-refractivity contribution in [1.29, 1.82) is 0 Å². The molecule has 29 heavy (non-hydrogen) atoms. The number of hydrogen-bond donors (Lipinski definition) is 1. The Morgan fingerprint density at radius 2 is 2.00 bits per heavy atom. The van der Waals surface area contributed by atoms with Crippen LogP contribution in [0.4, 0.5) is 0 Å². The molecular formula is C20H19N5O3S. The zero-order valence-corrected chi connectivity index (χ0v) is 16.8. The molecular weight excluding hydrogens is 390 g/mol. The third kappa shape index (κ3) is 4.29. The number of benzene rings is 1. The van der Waals surface area contributed by atoms with Gasteiger partial charge in [-0.25, -0.2) is 4.98 Å². The number of hydrogen-bond acceptors (Lipinski definition) is 8. The van der Waals surface area contributed by atoms with Gasteiger partial charge >= 0.3 is 0 Å². The zero-order chi connectivity index (χ0) is 20.2. The summed E-state index contributed by atoms with van der Waals surface area (Å²) in [6.45, 7) is 3.85. The predicted octanol–water partition coefficient (Wildman–Crippen LogP) is 4.03. The van der Waals surface area contributed by atoms with Crippen molar-refractivity contribution in [3.63, 3.8) is 0 Å². The highest BCUT2D eigenvalue weighted by Gasteiger charge is 2.22. The summed E-state index contributed by atoms with van der Waals surface area (Å²) in [6, 6.07) is 11.2. The van der Waals surface area contributed by atoms with Crippen LogP contribution in [0.2, 0.25) is 0 Å². The molecule has 0 aliphatic rings. The van der Waals surface area contributed by atoms with Gasteiger partial charge in [0.15, 0.2) is 5.16 Å². The second-order valence-corrected chi connectivity index (χ2v) is 7.37. The summed E-state index contributed by atoms with van der Waals surface area (Å²) in [6.07, 6.45) is 1.69. The second kappa shape index (κ2) is 8.44. The van der Waals surface area contributed by atoms with Gasteiger partial charge < -0.3 is 13.9 Å². The molecule has 148 valence electrons. The number of nitrogens with zero attached hydrogens (tertiary/aromatic N) is 4. The van der Waals surface area contributed by atoms with Crippen molar-refractivity contribution in [1.82, 2.24) is 25.3 Å². The monoisotopic (exact) mass is 409 g/mol. The lowest BCUT2D eigenvalue weighted by atomic mass is 10.1. The Morgan fingerprint density at radius 3 is 2.79 bits per heavy atom. The van der Waals surface area contributed by atoms with Gasteiger partial charge in [-0.3, -0.25) is 4.79 Å². The maximum absolute atomic E-state index is 11.8. The normalized spacial score (nSPS) is 11.1. The van der Waals surface area contributed by atoms with Gasteiger partial charge in [0.2, 0.25) is 5.89 Å². The fraction of sp³-hybridized carbons (Fsp3) is 0.250. The third-order valence-corrected chi connectivity index (χ3v) is 5.06. The topological polar surface area (TPSA) is 111 Å². The first-order valence-electron chi connectivity index (χ1n) is 9.21. The van der Waals surface area contributed by atoms with Crippen molar-refractivity contribution >= 4 is 11.8 Å². The van der Waals surface area contributed by atoms with Crippen molar-refractivity contribution in [2.45, 2.75) is 37.6 Å². The maximum atomic E-state index is 11.8.